The zero-order chi connectivity index (χ0) is 10.8. The number of carboxylic acids is 1. The monoisotopic (exact) mass is 199 g/mol. The van der Waals surface area contributed by atoms with Crippen molar-refractivity contribution >= 4 is 23.0 Å². The summed E-state index contributed by atoms with van der Waals surface area (Å²) in [5, 5.41) is 10.2. The Labute approximate surface area is 86.0 Å². The van der Waals surface area contributed by atoms with Crippen LogP contribution in [0.15, 0.2) is 36.4 Å². The smallest absolute Gasteiger partial charge is 0.335 e. The van der Waals surface area contributed by atoms with E-state index in [9.17, 15) is 9.59 Å². The second-order valence-electron chi connectivity index (χ2n) is 3.15. The van der Waals surface area contributed by atoms with Crippen molar-refractivity contribution in [2.24, 2.45) is 0 Å². The molecule has 0 unspecified atom stereocenters. The lowest BCUT2D eigenvalue weighted by atomic mass is 10.0. The summed E-state index contributed by atoms with van der Waals surface area (Å²) >= 11 is 0. The summed E-state index contributed by atoms with van der Waals surface area (Å²) < 4.78 is 0. The molecule has 0 fully saturated rings. The first-order chi connectivity index (χ1) is 7.22. The van der Waals surface area contributed by atoms with Crippen LogP contribution in [0, 0.1) is 0 Å². The first-order valence-electron chi connectivity index (χ1n) is 4.36. The van der Waals surface area contributed by atoms with Gasteiger partial charge >= 0.3 is 5.97 Å². The molecule has 0 heterocycles. The van der Waals surface area contributed by atoms with Crippen molar-refractivity contribution < 1.29 is 14.7 Å². The van der Waals surface area contributed by atoms with Gasteiger partial charge in [0.25, 0.3) is 0 Å². The summed E-state index contributed by atoms with van der Waals surface area (Å²) in [6, 6.07) is 9.76. The van der Waals surface area contributed by atoms with Crippen molar-refractivity contribution in [2.75, 3.05) is 0 Å². The van der Waals surface area contributed by atoms with Gasteiger partial charge in [0, 0.05) is 5.56 Å². The Hall–Kier alpha value is -2.16. The fraction of sp³-hybridized carbons (Fsp3) is 0. The van der Waals surface area contributed by atoms with Crippen molar-refractivity contribution in [3.63, 3.8) is 0 Å². The van der Waals surface area contributed by atoms with Gasteiger partial charge in [0.05, 0.1) is 5.56 Å². The number of rotatable bonds is 2. The van der Waals surface area contributed by atoms with Crippen LogP contribution in [-0.4, -0.2) is 17.4 Å². The average molecular weight is 199 g/mol. The molecule has 2 rings (SSSR count). The third-order valence-corrected chi connectivity index (χ3v) is 2.24. The van der Waals surface area contributed by atoms with Crippen LogP contribution in [0.4, 0.5) is 0 Å². The molecule has 0 atom stereocenters. The number of carbonyl (C=O) groups is 1. The fourth-order valence-corrected chi connectivity index (χ4v) is 1.51. The summed E-state index contributed by atoms with van der Waals surface area (Å²) in [5.41, 5.74) is 0.662. The Kier molecular flexibility index (Phi) is 2.21. The zero-order valence-corrected chi connectivity index (χ0v) is 7.73. The van der Waals surface area contributed by atoms with E-state index >= 15 is 0 Å². The van der Waals surface area contributed by atoms with Crippen molar-refractivity contribution in [1.29, 1.82) is 0 Å². The average Bonchev–Trinajstić information content (AvgIpc) is 2.27. The molecule has 2 aromatic carbocycles. The van der Waals surface area contributed by atoms with Gasteiger partial charge in [-0.25, -0.2) is 4.79 Å². The molecule has 0 aromatic heterocycles. The Morgan fingerprint density at radius 3 is 2.67 bits per heavy atom. The highest BCUT2D eigenvalue weighted by atomic mass is 16.4. The van der Waals surface area contributed by atoms with Crippen LogP contribution >= 0.6 is 0 Å². The topological polar surface area (TPSA) is 54.4 Å². The largest absolute Gasteiger partial charge is 0.478 e. The number of fused-ring (bicyclic) bond motifs is 1. The predicted octanol–water partition coefficient (Wildman–Crippen LogP) is 2.00. The van der Waals surface area contributed by atoms with Crippen LogP contribution in [0.5, 0.6) is 0 Å². The van der Waals surface area contributed by atoms with Crippen molar-refractivity contribution in [3.05, 3.63) is 47.5 Å². The number of carboxylic acid groups (broad SMARTS) is 1. The van der Waals surface area contributed by atoms with E-state index in [2.05, 4.69) is 0 Å². The molecule has 3 heteroatoms. The maximum Gasteiger partial charge on any atom is 0.335 e. The minimum Gasteiger partial charge on any atom is -0.478 e. The van der Waals surface area contributed by atoms with Gasteiger partial charge in [0.1, 0.15) is 0 Å². The number of aromatic carboxylic acids is 1. The normalized spacial score (nSPS) is 10.1. The first-order valence-corrected chi connectivity index (χ1v) is 4.36. The summed E-state index contributed by atoms with van der Waals surface area (Å²) in [4.78, 5) is 21.3. The van der Waals surface area contributed by atoms with Crippen molar-refractivity contribution in [1.82, 2.24) is 0 Å². The third-order valence-electron chi connectivity index (χ3n) is 2.24. The molecule has 2 aromatic rings. The maximum absolute atomic E-state index is 10.7. The Morgan fingerprint density at radius 2 is 2.00 bits per heavy atom. The summed E-state index contributed by atoms with van der Waals surface area (Å²) in [6.07, 6.45) is 1.82. The lowest BCUT2D eigenvalue weighted by molar-refractivity contribution is 0.0697. The van der Waals surface area contributed by atoms with Crippen LogP contribution in [0.25, 0.3) is 10.8 Å². The van der Waals surface area contributed by atoms with E-state index in [0.29, 0.717) is 5.56 Å². The van der Waals surface area contributed by atoms with Crippen molar-refractivity contribution in [2.45, 2.75) is 0 Å². The van der Waals surface area contributed by atoms with Gasteiger partial charge in [-0.2, -0.15) is 0 Å². The lowest BCUT2D eigenvalue weighted by Crippen LogP contribution is -1.95. The maximum atomic E-state index is 10.7. The zero-order valence-electron chi connectivity index (χ0n) is 7.73. The molecule has 0 spiro atoms. The number of benzene rings is 2. The van der Waals surface area contributed by atoms with Crippen LogP contribution in [0.1, 0.15) is 15.9 Å². The standard InChI is InChI=1S/C12H7O3/c13-7-10-3-1-2-8-6-9(12(14)15)4-5-11(8)10/h1-6H,(H,14,15). The second kappa shape index (κ2) is 3.53. The second-order valence-corrected chi connectivity index (χ2v) is 3.15. The van der Waals surface area contributed by atoms with Gasteiger partial charge < -0.3 is 5.11 Å². The van der Waals surface area contributed by atoms with Gasteiger partial charge in [0.2, 0.25) is 6.29 Å². The first kappa shape index (κ1) is 9.40. The quantitative estimate of drug-likeness (QED) is 0.804. The molecular weight excluding hydrogens is 192 g/mol. The highest BCUT2D eigenvalue weighted by Gasteiger charge is 2.05. The Balaban J connectivity index is 2.74. The molecule has 73 valence electrons. The van der Waals surface area contributed by atoms with E-state index in [0.717, 1.165) is 10.8 Å². The number of hydrogen-bond donors (Lipinski definition) is 1. The molecule has 0 aliphatic carbocycles. The van der Waals surface area contributed by atoms with Crippen LogP contribution in [0.3, 0.4) is 0 Å². The minimum absolute atomic E-state index is 0.213. The molecule has 1 radical (unpaired) electrons. The van der Waals surface area contributed by atoms with E-state index in [4.69, 9.17) is 5.11 Å². The van der Waals surface area contributed by atoms with Gasteiger partial charge in [-0.05, 0) is 22.9 Å². The van der Waals surface area contributed by atoms with Gasteiger partial charge in [-0.1, -0.05) is 24.3 Å². The molecule has 0 saturated heterocycles. The summed E-state index contributed by atoms with van der Waals surface area (Å²) in [6.45, 7) is 0. The summed E-state index contributed by atoms with van der Waals surface area (Å²) in [5.74, 6) is -0.975. The van der Waals surface area contributed by atoms with Crippen LogP contribution in [0.2, 0.25) is 0 Å². The van der Waals surface area contributed by atoms with Crippen LogP contribution < -0.4 is 0 Å². The molecule has 3 nitrogen and oxygen atoms in total. The SMILES string of the molecule is O=[C]c1cccc2cc(C(=O)O)ccc12. The van der Waals surface area contributed by atoms with E-state index < -0.39 is 5.97 Å². The fourth-order valence-electron chi connectivity index (χ4n) is 1.51. The molecule has 15 heavy (non-hydrogen) atoms. The Morgan fingerprint density at radius 1 is 1.20 bits per heavy atom. The number of carbonyl (C=O) groups excluding carboxylic acids is 1. The van der Waals surface area contributed by atoms with E-state index in [1.807, 2.05) is 6.29 Å². The van der Waals surface area contributed by atoms with Crippen molar-refractivity contribution in [3.8, 4) is 0 Å². The molecule has 0 aliphatic rings. The molecule has 1 N–H and O–H groups in total. The number of hydrogen-bond acceptors (Lipinski definition) is 2. The molecule has 0 saturated carbocycles. The van der Waals surface area contributed by atoms with Crippen LogP contribution in [-0.2, 0) is 4.79 Å². The van der Waals surface area contributed by atoms with E-state index in [1.54, 1.807) is 30.3 Å². The molecule has 0 amide bonds. The van der Waals surface area contributed by atoms with Gasteiger partial charge in [-0.3, -0.25) is 4.79 Å². The highest BCUT2D eigenvalue weighted by molar-refractivity contribution is 6.01. The Bertz CT molecular complexity index is 544. The minimum atomic E-state index is -0.975. The van der Waals surface area contributed by atoms with Gasteiger partial charge in [-0.15, -0.1) is 0 Å². The van der Waals surface area contributed by atoms with E-state index in [1.165, 1.54) is 6.07 Å². The third kappa shape index (κ3) is 1.59. The molecule has 0 aliphatic heterocycles. The van der Waals surface area contributed by atoms with E-state index in [-0.39, 0.29) is 5.56 Å². The predicted molar refractivity (Wildman–Crippen MR) is 55.7 cm³/mol. The van der Waals surface area contributed by atoms with Gasteiger partial charge in [0.15, 0.2) is 0 Å². The summed E-state index contributed by atoms with van der Waals surface area (Å²) in [7, 11) is 0. The molecular formula is C12H7O3. The molecule has 0 bridgehead atoms. The lowest BCUT2D eigenvalue weighted by Gasteiger charge is -2.01. The highest BCUT2D eigenvalue weighted by Crippen LogP contribution is 2.19.